The number of nitrogens with zero attached hydrogens (tertiary/aromatic N) is 2. The zero-order chi connectivity index (χ0) is 19.8. The van der Waals surface area contributed by atoms with Crippen LogP contribution in [0.3, 0.4) is 0 Å². The first-order valence-electron chi connectivity index (χ1n) is 9.96. The van der Waals surface area contributed by atoms with E-state index in [-0.39, 0.29) is 0 Å². The van der Waals surface area contributed by atoms with E-state index in [1.807, 2.05) is 18.3 Å². The smallest absolute Gasteiger partial charge is 0.0703 e. The molecule has 2 heterocycles. The summed E-state index contributed by atoms with van der Waals surface area (Å²) in [7, 11) is 0. The zero-order valence-electron chi connectivity index (χ0n) is 16.7. The predicted molar refractivity (Wildman–Crippen MR) is 121 cm³/mol. The van der Waals surface area contributed by atoms with E-state index in [9.17, 15) is 0 Å². The third kappa shape index (κ3) is 3.17. The lowest BCUT2D eigenvalue weighted by Crippen LogP contribution is -1.93. The van der Waals surface area contributed by atoms with Crippen molar-refractivity contribution in [2.75, 3.05) is 0 Å². The maximum atomic E-state index is 4.65. The SMILES string of the molecule is Cc1c2ccccc2c(C)c2cc(Cc3ccc(-c4ccncc4)nc3)ccc12. The van der Waals surface area contributed by atoms with E-state index >= 15 is 0 Å². The molecule has 2 heteroatoms. The molecule has 0 unspecified atom stereocenters. The Morgan fingerprint density at radius 1 is 0.655 bits per heavy atom. The number of fused-ring (bicyclic) bond motifs is 2. The second-order valence-corrected chi connectivity index (χ2v) is 7.64. The fourth-order valence-electron chi connectivity index (χ4n) is 4.22. The third-order valence-corrected chi connectivity index (χ3v) is 5.84. The van der Waals surface area contributed by atoms with E-state index in [1.54, 1.807) is 12.4 Å². The van der Waals surface area contributed by atoms with Gasteiger partial charge in [0.25, 0.3) is 0 Å². The highest BCUT2D eigenvalue weighted by Crippen LogP contribution is 2.32. The van der Waals surface area contributed by atoms with Crippen molar-refractivity contribution < 1.29 is 0 Å². The first-order valence-corrected chi connectivity index (χ1v) is 9.96. The molecule has 0 saturated heterocycles. The molecule has 0 radical (unpaired) electrons. The van der Waals surface area contributed by atoms with Gasteiger partial charge in [0.1, 0.15) is 0 Å². The molecule has 0 N–H and O–H groups in total. The average molecular weight is 374 g/mol. The summed E-state index contributed by atoms with van der Waals surface area (Å²) in [4.78, 5) is 8.73. The lowest BCUT2D eigenvalue weighted by atomic mass is 9.91. The second kappa shape index (κ2) is 7.14. The fourth-order valence-corrected chi connectivity index (χ4v) is 4.22. The van der Waals surface area contributed by atoms with Crippen LogP contribution in [0.1, 0.15) is 22.3 Å². The highest BCUT2D eigenvalue weighted by Gasteiger charge is 2.09. The topological polar surface area (TPSA) is 25.8 Å². The molecular weight excluding hydrogens is 352 g/mol. The molecule has 5 rings (SSSR count). The average Bonchev–Trinajstić information content (AvgIpc) is 2.78. The minimum Gasteiger partial charge on any atom is -0.265 e. The molecule has 3 aromatic carbocycles. The summed E-state index contributed by atoms with van der Waals surface area (Å²) in [6.07, 6.45) is 6.46. The third-order valence-electron chi connectivity index (χ3n) is 5.84. The van der Waals surface area contributed by atoms with Crippen LogP contribution in [0.2, 0.25) is 0 Å². The van der Waals surface area contributed by atoms with Crippen LogP contribution in [0, 0.1) is 13.8 Å². The summed E-state index contributed by atoms with van der Waals surface area (Å²) in [6, 6.07) is 23.8. The number of aryl methyl sites for hydroxylation is 2. The van der Waals surface area contributed by atoms with Crippen molar-refractivity contribution >= 4 is 21.5 Å². The molecule has 0 aliphatic carbocycles. The summed E-state index contributed by atoms with van der Waals surface area (Å²) in [5.74, 6) is 0. The minimum atomic E-state index is 0.880. The molecule has 0 saturated carbocycles. The van der Waals surface area contributed by atoms with Crippen LogP contribution in [-0.4, -0.2) is 9.97 Å². The van der Waals surface area contributed by atoms with Crippen molar-refractivity contribution in [2.24, 2.45) is 0 Å². The van der Waals surface area contributed by atoms with Gasteiger partial charge in [0.2, 0.25) is 0 Å². The molecule has 2 aromatic heterocycles. The van der Waals surface area contributed by atoms with Crippen LogP contribution in [0.25, 0.3) is 32.8 Å². The van der Waals surface area contributed by atoms with Crippen LogP contribution in [-0.2, 0) is 6.42 Å². The van der Waals surface area contributed by atoms with E-state index in [4.69, 9.17) is 0 Å². The van der Waals surface area contributed by atoms with Crippen molar-refractivity contribution in [3.8, 4) is 11.3 Å². The van der Waals surface area contributed by atoms with Crippen molar-refractivity contribution in [1.82, 2.24) is 9.97 Å². The van der Waals surface area contributed by atoms with Gasteiger partial charge >= 0.3 is 0 Å². The van der Waals surface area contributed by atoms with Crippen LogP contribution in [0.15, 0.2) is 85.3 Å². The number of hydrogen-bond acceptors (Lipinski definition) is 2. The Morgan fingerprint density at radius 3 is 2.00 bits per heavy atom. The number of benzene rings is 3. The van der Waals surface area contributed by atoms with Crippen LogP contribution in [0.5, 0.6) is 0 Å². The van der Waals surface area contributed by atoms with Crippen molar-refractivity contribution in [3.05, 3.63) is 108 Å². The van der Waals surface area contributed by atoms with Gasteiger partial charge < -0.3 is 0 Å². The van der Waals surface area contributed by atoms with Gasteiger partial charge in [-0.05, 0) is 82.3 Å². The van der Waals surface area contributed by atoms with E-state index in [0.29, 0.717) is 0 Å². The molecule has 0 amide bonds. The maximum absolute atomic E-state index is 4.65. The van der Waals surface area contributed by atoms with Gasteiger partial charge in [0.05, 0.1) is 5.69 Å². The van der Waals surface area contributed by atoms with E-state index in [0.717, 1.165) is 17.7 Å². The summed E-state index contributed by atoms with van der Waals surface area (Å²) < 4.78 is 0. The highest BCUT2D eigenvalue weighted by atomic mass is 14.7. The second-order valence-electron chi connectivity index (χ2n) is 7.64. The Morgan fingerprint density at radius 2 is 1.31 bits per heavy atom. The van der Waals surface area contributed by atoms with Gasteiger partial charge in [0, 0.05) is 24.2 Å². The molecule has 5 aromatic rings. The first kappa shape index (κ1) is 17.6. The largest absolute Gasteiger partial charge is 0.265 e. The van der Waals surface area contributed by atoms with Crippen molar-refractivity contribution in [1.29, 1.82) is 0 Å². The van der Waals surface area contributed by atoms with Gasteiger partial charge in [-0.15, -0.1) is 0 Å². The Labute approximate surface area is 170 Å². The molecule has 140 valence electrons. The molecule has 29 heavy (non-hydrogen) atoms. The summed E-state index contributed by atoms with van der Waals surface area (Å²) in [5.41, 5.74) is 7.32. The Bertz CT molecular complexity index is 1320. The Balaban J connectivity index is 1.51. The molecule has 2 nitrogen and oxygen atoms in total. The van der Waals surface area contributed by atoms with Gasteiger partial charge in [-0.3, -0.25) is 9.97 Å². The number of pyridine rings is 2. The normalized spacial score (nSPS) is 11.2. The quantitative estimate of drug-likeness (QED) is 0.330. The molecule has 0 aliphatic rings. The van der Waals surface area contributed by atoms with E-state index in [2.05, 4.69) is 78.4 Å². The highest BCUT2D eigenvalue weighted by molar-refractivity contribution is 6.05. The monoisotopic (exact) mass is 374 g/mol. The van der Waals surface area contributed by atoms with Crippen molar-refractivity contribution in [2.45, 2.75) is 20.3 Å². The van der Waals surface area contributed by atoms with E-state index < -0.39 is 0 Å². The predicted octanol–water partition coefficient (Wildman–Crippen LogP) is 6.66. The van der Waals surface area contributed by atoms with Gasteiger partial charge in [-0.25, -0.2) is 0 Å². The number of rotatable bonds is 3. The lowest BCUT2D eigenvalue weighted by Gasteiger charge is -2.13. The van der Waals surface area contributed by atoms with Crippen LogP contribution >= 0.6 is 0 Å². The fraction of sp³-hybridized carbons (Fsp3) is 0.111. The Hall–Kier alpha value is -3.52. The van der Waals surface area contributed by atoms with Gasteiger partial charge in [-0.1, -0.05) is 48.5 Å². The first-order chi connectivity index (χ1) is 14.2. The molecule has 0 aliphatic heterocycles. The lowest BCUT2D eigenvalue weighted by molar-refractivity contribution is 1.15. The summed E-state index contributed by atoms with van der Waals surface area (Å²) in [5, 5.41) is 5.38. The summed E-state index contributed by atoms with van der Waals surface area (Å²) >= 11 is 0. The van der Waals surface area contributed by atoms with Crippen LogP contribution < -0.4 is 0 Å². The molecule has 0 spiro atoms. The number of aromatic nitrogens is 2. The van der Waals surface area contributed by atoms with Gasteiger partial charge in [0.15, 0.2) is 0 Å². The van der Waals surface area contributed by atoms with Crippen LogP contribution in [0.4, 0.5) is 0 Å². The molecule has 0 fully saturated rings. The molecule has 0 atom stereocenters. The summed E-state index contributed by atoms with van der Waals surface area (Å²) in [6.45, 7) is 4.46. The standard InChI is InChI=1S/C27H22N2/c1-18-23-5-3-4-6-24(23)19(2)26-16-20(7-9-25(18)26)15-21-8-10-27(29-17-21)22-11-13-28-14-12-22/h3-14,16-17H,15H2,1-2H3. The Kier molecular flexibility index (Phi) is 4.33. The molecular formula is C27H22N2. The maximum Gasteiger partial charge on any atom is 0.0703 e. The minimum absolute atomic E-state index is 0.880. The molecule has 0 bridgehead atoms. The van der Waals surface area contributed by atoms with E-state index in [1.165, 1.54) is 43.8 Å². The zero-order valence-corrected chi connectivity index (χ0v) is 16.7. The number of hydrogen-bond donors (Lipinski definition) is 0. The van der Waals surface area contributed by atoms with Gasteiger partial charge in [-0.2, -0.15) is 0 Å². The van der Waals surface area contributed by atoms with Crippen molar-refractivity contribution in [3.63, 3.8) is 0 Å².